The molecule has 6 heteroatoms. The Balaban J connectivity index is 1.51. The van der Waals surface area contributed by atoms with Crippen molar-refractivity contribution in [2.24, 2.45) is 0 Å². The number of hydrogen-bond donors (Lipinski definition) is 1. The quantitative estimate of drug-likeness (QED) is 0.561. The van der Waals surface area contributed by atoms with Gasteiger partial charge in [-0.3, -0.25) is 4.79 Å². The first-order valence-corrected chi connectivity index (χ1v) is 9.02. The lowest BCUT2D eigenvalue weighted by molar-refractivity contribution is -0.116. The lowest BCUT2D eigenvalue weighted by atomic mass is 10.1. The number of aryl methyl sites for hydroxylation is 2. The zero-order chi connectivity index (χ0) is 19.5. The van der Waals surface area contributed by atoms with Crippen molar-refractivity contribution in [2.45, 2.75) is 20.4 Å². The van der Waals surface area contributed by atoms with Gasteiger partial charge in [0, 0.05) is 17.4 Å². The molecule has 0 radical (unpaired) electrons. The summed E-state index contributed by atoms with van der Waals surface area (Å²) in [4.78, 5) is 17.0. The van der Waals surface area contributed by atoms with E-state index in [0.717, 1.165) is 16.8 Å². The number of nitrogens with one attached hydrogen (secondary N) is 1. The van der Waals surface area contributed by atoms with E-state index in [2.05, 4.69) is 15.5 Å². The number of aromatic nitrogens is 3. The van der Waals surface area contributed by atoms with Crippen LogP contribution in [-0.2, 0) is 11.3 Å². The van der Waals surface area contributed by atoms with Gasteiger partial charge in [0.15, 0.2) is 0 Å². The fourth-order valence-corrected chi connectivity index (χ4v) is 2.95. The maximum absolute atomic E-state index is 12.5. The Morgan fingerprint density at radius 2 is 1.86 bits per heavy atom. The Morgan fingerprint density at radius 3 is 2.64 bits per heavy atom. The Morgan fingerprint density at radius 1 is 1.04 bits per heavy atom. The fraction of sp³-hybridized carbons (Fsp3) is 0.136. The second-order valence-electron chi connectivity index (χ2n) is 6.66. The molecule has 2 heterocycles. The van der Waals surface area contributed by atoms with Crippen molar-refractivity contribution in [3.63, 3.8) is 0 Å². The predicted octanol–water partition coefficient (Wildman–Crippen LogP) is 4.46. The van der Waals surface area contributed by atoms with Crippen molar-refractivity contribution in [3.05, 3.63) is 78.0 Å². The van der Waals surface area contributed by atoms with Gasteiger partial charge in [-0.2, -0.15) is 4.98 Å². The minimum atomic E-state index is -0.122. The van der Waals surface area contributed by atoms with Gasteiger partial charge in [-0.25, -0.2) is 0 Å². The SMILES string of the molecule is Cc1ccc(NC(=O)Cn2cccc2-c2nc(-c3ccccc3)no2)cc1C. The largest absolute Gasteiger partial charge is 0.334 e. The summed E-state index contributed by atoms with van der Waals surface area (Å²) in [5.74, 6) is 0.772. The highest BCUT2D eigenvalue weighted by atomic mass is 16.5. The van der Waals surface area contributed by atoms with Crippen LogP contribution in [0.4, 0.5) is 5.69 Å². The van der Waals surface area contributed by atoms with Crippen LogP contribution in [0, 0.1) is 13.8 Å². The molecule has 0 aliphatic rings. The normalized spacial score (nSPS) is 10.8. The highest BCUT2D eigenvalue weighted by molar-refractivity contribution is 5.91. The number of anilines is 1. The van der Waals surface area contributed by atoms with Crippen LogP contribution in [0.2, 0.25) is 0 Å². The van der Waals surface area contributed by atoms with E-state index in [1.807, 2.05) is 80.7 Å². The number of carbonyl (C=O) groups excluding carboxylic acids is 1. The molecule has 28 heavy (non-hydrogen) atoms. The van der Waals surface area contributed by atoms with Gasteiger partial charge in [0.2, 0.25) is 11.7 Å². The molecule has 0 saturated carbocycles. The smallest absolute Gasteiger partial charge is 0.274 e. The molecular weight excluding hydrogens is 352 g/mol. The van der Waals surface area contributed by atoms with Gasteiger partial charge < -0.3 is 14.4 Å². The molecule has 0 spiro atoms. The van der Waals surface area contributed by atoms with Crippen LogP contribution in [0.15, 0.2) is 71.4 Å². The lowest BCUT2D eigenvalue weighted by Gasteiger charge is -2.09. The van der Waals surface area contributed by atoms with Gasteiger partial charge in [-0.05, 0) is 49.2 Å². The standard InChI is InChI=1S/C22H20N4O2/c1-15-10-11-18(13-16(15)2)23-20(27)14-26-12-6-9-19(26)22-24-21(25-28-22)17-7-4-3-5-8-17/h3-13H,14H2,1-2H3,(H,23,27). The molecule has 0 aliphatic heterocycles. The van der Waals surface area contributed by atoms with Crippen molar-refractivity contribution in [1.82, 2.24) is 14.7 Å². The Labute approximate surface area is 162 Å². The molecule has 4 rings (SSSR count). The summed E-state index contributed by atoms with van der Waals surface area (Å²) in [5, 5.41) is 6.98. The van der Waals surface area contributed by atoms with E-state index in [1.54, 1.807) is 4.57 Å². The third-order valence-corrected chi connectivity index (χ3v) is 4.61. The summed E-state index contributed by atoms with van der Waals surface area (Å²) in [6.45, 7) is 4.22. The summed E-state index contributed by atoms with van der Waals surface area (Å²) in [6.07, 6.45) is 1.82. The highest BCUT2D eigenvalue weighted by Crippen LogP contribution is 2.23. The van der Waals surface area contributed by atoms with Crippen LogP contribution in [-0.4, -0.2) is 20.6 Å². The van der Waals surface area contributed by atoms with E-state index < -0.39 is 0 Å². The Bertz CT molecular complexity index is 1110. The summed E-state index contributed by atoms with van der Waals surface area (Å²) >= 11 is 0. The van der Waals surface area contributed by atoms with Crippen molar-refractivity contribution in [1.29, 1.82) is 0 Å². The van der Waals surface area contributed by atoms with E-state index in [0.29, 0.717) is 17.4 Å². The third-order valence-electron chi connectivity index (χ3n) is 4.61. The zero-order valence-corrected chi connectivity index (χ0v) is 15.7. The van der Waals surface area contributed by atoms with Crippen molar-refractivity contribution >= 4 is 11.6 Å². The summed E-state index contributed by atoms with van der Waals surface area (Å²) in [6, 6.07) is 19.2. The van der Waals surface area contributed by atoms with Crippen molar-refractivity contribution in [2.75, 3.05) is 5.32 Å². The predicted molar refractivity (Wildman–Crippen MR) is 108 cm³/mol. The van der Waals surface area contributed by atoms with E-state index in [4.69, 9.17) is 4.52 Å². The molecule has 0 bridgehead atoms. The van der Waals surface area contributed by atoms with Gasteiger partial charge >= 0.3 is 0 Å². The van der Waals surface area contributed by atoms with Crippen LogP contribution < -0.4 is 5.32 Å². The Kier molecular flexibility index (Phi) is 4.76. The molecule has 2 aromatic carbocycles. The third kappa shape index (κ3) is 3.71. The van der Waals surface area contributed by atoms with Gasteiger partial charge in [0.25, 0.3) is 5.89 Å². The van der Waals surface area contributed by atoms with Gasteiger partial charge in [0.05, 0.1) is 0 Å². The van der Waals surface area contributed by atoms with E-state index in [9.17, 15) is 4.79 Å². The minimum Gasteiger partial charge on any atom is -0.334 e. The first-order valence-electron chi connectivity index (χ1n) is 9.02. The van der Waals surface area contributed by atoms with Crippen molar-refractivity contribution < 1.29 is 9.32 Å². The molecular formula is C22H20N4O2. The number of carbonyl (C=O) groups is 1. The minimum absolute atomic E-state index is 0.122. The molecule has 0 unspecified atom stereocenters. The van der Waals surface area contributed by atoms with Crippen LogP contribution in [0.3, 0.4) is 0 Å². The molecule has 6 nitrogen and oxygen atoms in total. The monoisotopic (exact) mass is 372 g/mol. The molecule has 2 aromatic heterocycles. The molecule has 0 aliphatic carbocycles. The van der Waals surface area contributed by atoms with E-state index in [-0.39, 0.29) is 12.5 Å². The van der Waals surface area contributed by atoms with E-state index in [1.165, 1.54) is 5.56 Å². The van der Waals surface area contributed by atoms with Gasteiger partial charge in [0.1, 0.15) is 12.2 Å². The van der Waals surface area contributed by atoms with Crippen LogP contribution >= 0.6 is 0 Å². The summed E-state index contributed by atoms with van der Waals surface area (Å²) < 4.78 is 7.21. The maximum atomic E-state index is 12.5. The fourth-order valence-electron chi connectivity index (χ4n) is 2.95. The number of hydrogen-bond acceptors (Lipinski definition) is 4. The molecule has 1 amide bonds. The highest BCUT2D eigenvalue weighted by Gasteiger charge is 2.15. The lowest BCUT2D eigenvalue weighted by Crippen LogP contribution is -2.18. The second-order valence-corrected chi connectivity index (χ2v) is 6.66. The molecule has 0 atom stereocenters. The van der Waals surface area contributed by atoms with Crippen LogP contribution in [0.5, 0.6) is 0 Å². The van der Waals surface area contributed by atoms with Crippen LogP contribution in [0.25, 0.3) is 23.0 Å². The molecule has 4 aromatic rings. The summed E-state index contributed by atoms with van der Waals surface area (Å²) in [7, 11) is 0. The first-order chi connectivity index (χ1) is 13.6. The molecule has 0 saturated heterocycles. The van der Waals surface area contributed by atoms with Crippen LogP contribution in [0.1, 0.15) is 11.1 Å². The number of rotatable bonds is 5. The zero-order valence-electron chi connectivity index (χ0n) is 15.7. The first kappa shape index (κ1) is 17.7. The summed E-state index contributed by atoms with van der Waals surface area (Å²) in [5.41, 5.74) is 4.69. The maximum Gasteiger partial charge on any atom is 0.274 e. The molecule has 0 fully saturated rings. The second kappa shape index (κ2) is 7.52. The Hall–Kier alpha value is -3.67. The molecule has 140 valence electrons. The van der Waals surface area contributed by atoms with Gasteiger partial charge in [-0.1, -0.05) is 41.6 Å². The average Bonchev–Trinajstić information content (AvgIpc) is 3.34. The van der Waals surface area contributed by atoms with Gasteiger partial charge in [-0.15, -0.1) is 0 Å². The number of benzene rings is 2. The molecule has 1 N–H and O–H groups in total. The van der Waals surface area contributed by atoms with E-state index >= 15 is 0 Å². The number of amides is 1. The topological polar surface area (TPSA) is 73.0 Å². The number of nitrogens with zero attached hydrogens (tertiary/aromatic N) is 3. The average molecular weight is 372 g/mol. The van der Waals surface area contributed by atoms with Crippen molar-refractivity contribution in [3.8, 4) is 23.0 Å².